The lowest BCUT2D eigenvalue weighted by Gasteiger charge is -2.02. The number of rotatable bonds is 1. The lowest BCUT2D eigenvalue weighted by molar-refractivity contribution is 0.619. The summed E-state index contributed by atoms with van der Waals surface area (Å²) in [6.45, 7) is 1.70. The van der Waals surface area contributed by atoms with Crippen LogP contribution >= 0.6 is 0 Å². The molecular weight excluding hydrogens is 155 g/mol. The van der Waals surface area contributed by atoms with Crippen LogP contribution in [-0.2, 0) is 0 Å². The van der Waals surface area contributed by atoms with Gasteiger partial charge in [0.25, 0.3) is 0 Å². The third kappa shape index (κ3) is 1.61. The monoisotopic (exact) mass is 166 g/mol. The topological polar surface area (TPSA) is 38.4 Å². The smallest absolute Gasteiger partial charge is 0.128 e. The van der Waals surface area contributed by atoms with Crippen molar-refractivity contribution in [2.24, 2.45) is 4.99 Å². The van der Waals surface area contributed by atoms with Gasteiger partial charge in [0.1, 0.15) is 5.82 Å². The second-order valence-corrected chi connectivity index (χ2v) is 2.62. The quantitative estimate of drug-likeness (QED) is 0.501. The molecule has 2 nitrogen and oxygen atoms in total. The van der Waals surface area contributed by atoms with Crippen LogP contribution in [0.2, 0.25) is 0 Å². The van der Waals surface area contributed by atoms with Crippen molar-refractivity contribution in [3.05, 3.63) is 29.1 Å². The van der Waals surface area contributed by atoms with Crippen molar-refractivity contribution in [3.63, 3.8) is 0 Å². The van der Waals surface area contributed by atoms with Gasteiger partial charge in [0, 0.05) is 24.5 Å². The molecule has 12 heavy (non-hydrogen) atoms. The van der Waals surface area contributed by atoms with Gasteiger partial charge < -0.3 is 5.73 Å². The van der Waals surface area contributed by atoms with Crippen molar-refractivity contribution < 1.29 is 4.39 Å². The molecule has 1 aromatic rings. The number of anilines is 1. The van der Waals surface area contributed by atoms with E-state index < -0.39 is 0 Å². The Morgan fingerprint density at radius 2 is 2.17 bits per heavy atom. The summed E-state index contributed by atoms with van der Waals surface area (Å²) in [7, 11) is 1.65. The summed E-state index contributed by atoms with van der Waals surface area (Å²) in [5, 5.41) is 0. The highest BCUT2D eigenvalue weighted by Crippen LogP contribution is 2.15. The molecule has 0 aliphatic carbocycles. The molecular formula is C9H11FN2. The SMILES string of the molecule is CN=Cc1cc(C)c(F)cc1N. The molecule has 0 saturated carbocycles. The summed E-state index contributed by atoms with van der Waals surface area (Å²) in [5.74, 6) is -0.277. The van der Waals surface area contributed by atoms with Crippen molar-refractivity contribution in [3.8, 4) is 0 Å². The molecule has 0 unspecified atom stereocenters. The van der Waals surface area contributed by atoms with E-state index in [-0.39, 0.29) is 5.82 Å². The minimum absolute atomic E-state index is 0.277. The first-order valence-electron chi connectivity index (χ1n) is 3.63. The third-order valence-electron chi connectivity index (χ3n) is 1.63. The zero-order valence-electron chi connectivity index (χ0n) is 7.13. The maximum absolute atomic E-state index is 12.9. The van der Waals surface area contributed by atoms with Gasteiger partial charge in [-0.2, -0.15) is 0 Å². The number of hydrogen-bond donors (Lipinski definition) is 1. The molecule has 0 fully saturated rings. The fourth-order valence-electron chi connectivity index (χ4n) is 0.970. The number of hydrogen-bond acceptors (Lipinski definition) is 2. The van der Waals surface area contributed by atoms with Gasteiger partial charge in [-0.25, -0.2) is 4.39 Å². The largest absolute Gasteiger partial charge is 0.398 e. The molecule has 0 aromatic heterocycles. The highest BCUT2D eigenvalue weighted by atomic mass is 19.1. The van der Waals surface area contributed by atoms with Crippen LogP contribution in [-0.4, -0.2) is 13.3 Å². The minimum Gasteiger partial charge on any atom is -0.398 e. The third-order valence-corrected chi connectivity index (χ3v) is 1.63. The summed E-state index contributed by atoms with van der Waals surface area (Å²) >= 11 is 0. The Bertz CT molecular complexity index is 319. The van der Waals surface area contributed by atoms with E-state index in [1.54, 1.807) is 26.3 Å². The summed E-state index contributed by atoms with van der Waals surface area (Å²) in [6.07, 6.45) is 1.61. The van der Waals surface area contributed by atoms with Crippen LogP contribution in [0.15, 0.2) is 17.1 Å². The molecule has 2 N–H and O–H groups in total. The van der Waals surface area contributed by atoms with E-state index in [0.29, 0.717) is 11.3 Å². The van der Waals surface area contributed by atoms with E-state index in [9.17, 15) is 4.39 Å². The molecule has 0 saturated heterocycles. The summed E-state index contributed by atoms with van der Waals surface area (Å²) in [5.41, 5.74) is 7.31. The first kappa shape index (κ1) is 8.71. The Morgan fingerprint density at radius 3 is 2.75 bits per heavy atom. The van der Waals surface area contributed by atoms with Crippen molar-refractivity contribution in [2.45, 2.75) is 6.92 Å². The van der Waals surface area contributed by atoms with Crippen molar-refractivity contribution >= 4 is 11.9 Å². The van der Waals surface area contributed by atoms with E-state index in [2.05, 4.69) is 4.99 Å². The predicted octanol–water partition coefficient (Wildman–Crippen LogP) is 1.77. The van der Waals surface area contributed by atoms with Gasteiger partial charge >= 0.3 is 0 Å². The normalized spacial score (nSPS) is 10.9. The number of aliphatic imine (C=N–C) groups is 1. The van der Waals surface area contributed by atoms with Crippen LogP contribution in [0.5, 0.6) is 0 Å². The number of nitrogens with zero attached hydrogens (tertiary/aromatic N) is 1. The van der Waals surface area contributed by atoms with Gasteiger partial charge in [-0.15, -0.1) is 0 Å². The van der Waals surface area contributed by atoms with Crippen molar-refractivity contribution in [1.29, 1.82) is 0 Å². The standard InChI is InChI=1S/C9H11FN2/c1-6-3-7(5-12-2)9(11)4-8(6)10/h3-5H,11H2,1-2H3. The Morgan fingerprint density at radius 1 is 1.50 bits per heavy atom. The number of benzene rings is 1. The molecule has 0 aliphatic heterocycles. The van der Waals surface area contributed by atoms with Crippen LogP contribution in [0, 0.1) is 12.7 Å². The highest BCUT2D eigenvalue weighted by Gasteiger charge is 2.01. The predicted molar refractivity (Wildman–Crippen MR) is 49.1 cm³/mol. The van der Waals surface area contributed by atoms with E-state index in [4.69, 9.17) is 5.73 Å². The molecule has 0 spiro atoms. The van der Waals surface area contributed by atoms with Crippen molar-refractivity contribution in [1.82, 2.24) is 0 Å². The van der Waals surface area contributed by atoms with Crippen LogP contribution in [0.4, 0.5) is 10.1 Å². The molecule has 0 heterocycles. The van der Waals surface area contributed by atoms with E-state index in [1.165, 1.54) is 6.07 Å². The molecule has 1 rings (SSSR count). The molecule has 0 amide bonds. The van der Waals surface area contributed by atoms with Crippen LogP contribution < -0.4 is 5.73 Å². The molecule has 1 aromatic carbocycles. The first-order valence-corrected chi connectivity index (χ1v) is 3.63. The average Bonchev–Trinajstić information content (AvgIpc) is 2.01. The lowest BCUT2D eigenvalue weighted by atomic mass is 10.1. The van der Waals surface area contributed by atoms with Gasteiger partial charge in [0.2, 0.25) is 0 Å². The Labute approximate surface area is 70.9 Å². The van der Waals surface area contributed by atoms with Gasteiger partial charge in [0.05, 0.1) is 0 Å². The van der Waals surface area contributed by atoms with Gasteiger partial charge in [-0.05, 0) is 24.6 Å². The van der Waals surface area contributed by atoms with E-state index >= 15 is 0 Å². The Balaban J connectivity index is 3.23. The van der Waals surface area contributed by atoms with Gasteiger partial charge in [-0.3, -0.25) is 4.99 Å². The Kier molecular flexibility index (Phi) is 2.43. The Hall–Kier alpha value is -1.38. The zero-order valence-corrected chi connectivity index (χ0v) is 7.13. The molecule has 3 heteroatoms. The molecule has 0 radical (unpaired) electrons. The lowest BCUT2D eigenvalue weighted by Crippen LogP contribution is -1.96. The first-order chi connectivity index (χ1) is 5.65. The fourth-order valence-corrected chi connectivity index (χ4v) is 0.970. The van der Waals surface area contributed by atoms with E-state index in [1.807, 2.05) is 0 Å². The number of nitrogens with two attached hydrogens (primary N) is 1. The average molecular weight is 166 g/mol. The van der Waals surface area contributed by atoms with Crippen LogP contribution in [0.1, 0.15) is 11.1 Å². The van der Waals surface area contributed by atoms with E-state index in [0.717, 1.165) is 5.56 Å². The second kappa shape index (κ2) is 3.34. The van der Waals surface area contributed by atoms with Crippen LogP contribution in [0.25, 0.3) is 0 Å². The van der Waals surface area contributed by atoms with Gasteiger partial charge in [-0.1, -0.05) is 0 Å². The molecule has 64 valence electrons. The summed E-state index contributed by atoms with van der Waals surface area (Å²) < 4.78 is 12.9. The second-order valence-electron chi connectivity index (χ2n) is 2.62. The number of halogens is 1. The molecule has 0 bridgehead atoms. The maximum Gasteiger partial charge on any atom is 0.128 e. The fraction of sp³-hybridized carbons (Fsp3) is 0.222. The molecule has 0 aliphatic rings. The minimum atomic E-state index is -0.277. The summed E-state index contributed by atoms with van der Waals surface area (Å²) in [4.78, 5) is 3.81. The number of nitrogen functional groups attached to an aromatic ring is 1. The van der Waals surface area contributed by atoms with Crippen LogP contribution in [0.3, 0.4) is 0 Å². The summed E-state index contributed by atoms with van der Waals surface area (Å²) in [6, 6.07) is 2.99. The van der Waals surface area contributed by atoms with Gasteiger partial charge in [0.15, 0.2) is 0 Å². The zero-order chi connectivity index (χ0) is 9.14. The maximum atomic E-state index is 12.9. The highest BCUT2D eigenvalue weighted by molar-refractivity contribution is 5.87. The molecule has 0 atom stereocenters. The number of aryl methyl sites for hydroxylation is 1. The van der Waals surface area contributed by atoms with Crippen molar-refractivity contribution in [2.75, 3.05) is 12.8 Å².